The molecule has 0 aliphatic rings. The summed E-state index contributed by atoms with van der Waals surface area (Å²) in [6.45, 7) is 5.95. The van der Waals surface area contributed by atoms with E-state index in [1.807, 2.05) is 42.5 Å². The second-order valence-corrected chi connectivity index (χ2v) is 11.6. The molecule has 4 rings (SSSR count). The van der Waals surface area contributed by atoms with Crippen molar-refractivity contribution in [3.05, 3.63) is 108 Å². The molecule has 1 heterocycles. The second-order valence-electron chi connectivity index (χ2n) is 9.55. The van der Waals surface area contributed by atoms with Crippen LogP contribution in [0, 0.1) is 0 Å². The molecule has 0 saturated carbocycles. The molecule has 212 valence electrons. The number of nitrogens with zero attached hydrogens (tertiary/aromatic N) is 2. The van der Waals surface area contributed by atoms with Crippen molar-refractivity contribution in [1.82, 2.24) is 20.8 Å². The Morgan fingerprint density at radius 3 is 2.10 bits per heavy atom. The van der Waals surface area contributed by atoms with Crippen LogP contribution in [-0.2, 0) is 20.2 Å². The number of rotatable bonds is 9. The van der Waals surface area contributed by atoms with E-state index in [2.05, 4.69) is 56.8 Å². The maximum atomic E-state index is 12.6. The molecule has 0 aliphatic heterocycles. The Labute approximate surface area is 244 Å². The van der Waals surface area contributed by atoms with Crippen LogP contribution >= 0.6 is 12.2 Å². The summed E-state index contributed by atoms with van der Waals surface area (Å²) in [6, 6.07) is 25.4. The van der Waals surface area contributed by atoms with Crippen molar-refractivity contribution in [3.8, 4) is 5.75 Å². The van der Waals surface area contributed by atoms with Gasteiger partial charge in [0, 0.05) is 23.5 Å². The van der Waals surface area contributed by atoms with Crippen LogP contribution in [0.3, 0.4) is 0 Å². The molecule has 0 aliphatic carbocycles. The van der Waals surface area contributed by atoms with Gasteiger partial charge in [-0.25, -0.2) is 23.1 Å². The van der Waals surface area contributed by atoms with E-state index in [1.165, 1.54) is 42.2 Å². The van der Waals surface area contributed by atoms with Crippen LogP contribution in [0.1, 0.15) is 31.9 Å². The predicted molar refractivity (Wildman–Crippen MR) is 162 cm³/mol. The van der Waals surface area contributed by atoms with Gasteiger partial charge in [-0.2, -0.15) is 0 Å². The Hall–Kier alpha value is -4.55. The zero-order valence-corrected chi connectivity index (χ0v) is 24.3. The third kappa shape index (κ3) is 7.77. The third-order valence-corrected chi connectivity index (χ3v) is 7.81. The monoisotopic (exact) mass is 590 g/mol. The zero-order chi connectivity index (χ0) is 29.5. The van der Waals surface area contributed by atoms with Crippen molar-refractivity contribution in [3.63, 3.8) is 0 Å². The van der Waals surface area contributed by atoms with Gasteiger partial charge in [0.1, 0.15) is 5.75 Å². The molecule has 12 heteroatoms. The van der Waals surface area contributed by atoms with Crippen molar-refractivity contribution in [2.24, 2.45) is 0 Å². The summed E-state index contributed by atoms with van der Waals surface area (Å²) in [6.07, 6.45) is 2.06. The van der Waals surface area contributed by atoms with Crippen molar-refractivity contribution in [1.29, 1.82) is 0 Å². The SMILES string of the molecule is CC(Oc1ccc(C(C)(C)c2ccccc2)cc1)C(=O)NNC(=S)Nc1ccc(S(=O)(=O)Nc2ncccn2)cc1. The average Bonchev–Trinajstić information content (AvgIpc) is 2.97. The van der Waals surface area contributed by atoms with Gasteiger partial charge in [0.05, 0.1) is 4.90 Å². The number of thiocarbonyl (C=S) groups is 1. The Morgan fingerprint density at radius 1 is 0.854 bits per heavy atom. The highest BCUT2D eigenvalue weighted by Crippen LogP contribution is 2.32. The lowest BCUT2D eigenvalue weighted by atomic mass is 9.78. The van der Waals surface area contributed by atoms with Crippen LogP contribution in [0.2, 0.25) is 0 Å². The number of hydrogen-bond acceptors (Lipinski definition) is 7. The quantitative estimate of drug-likeness (QED) is 0.165. The number of carbonyl (C=O) groups excluding carboxylic acids is 1. The first-order valence-electron chi connectivity index (χ1n) is 12.6. The number of aromatic nitrogens is 2. The summed E-state index contributed by atoms with van der Waals surface area (Å²) in [7, 11) is -3.86. The molecule has 0 radical (unpaired) electrons. The standard InChI is InChI=1S/C29H30N6O4S2/c1-20(39-24-14-10-22(11-15-24)29(2,3)21-8-5-4-6-9-21)26(36)33-34-28(40)32-23-12-16-25(17-13-23)41(37,38)35-27-30-18-7-19-31-27/h4-20H,1-3H3,(H,33,36)(H,30,31,35)(H2,32,34,40). The minimum atomic E-state index is -3.86. The van der Waals surface area contributed by atoms with Gasteiger partial charge in [-0.1, -0.05) is 56.3 Å². The van der Waals surface area contributed by atoms with Crippen LogP contribution in [0.25, 0.3) is 0 Å². The lowest BCUT2D eigenvalue weighted by Crippen LogP contribution is -2.48. The van der Waals surface area contributed by atoms with Gasteiger partial charge in [0.25, 0.3) is 15.9 Å². The predicted octanol–water partition coefficient (Wildman–Crippen LogP) is 4.39. The summed E-state index contributed by atoms with van der Waals surface area (Å²) < 4.78 is 33.1. The van der Waals surface area contributed by atoms with Crippen LogP contribution in [0.15, 0.2) is 102 Å². The van der Waals surface area contributed by atoms with Gasteiger partial charge in [0.15, 0.2) is 11.2 Å². The van der Waals surface area contributed by atoms with Crippen molar-refractivity contribution in [2.75, 3.05) is 10.0 Å². The van der Waals surface area contributed by atoms with Gasteiger partial charge < -0.3 is 10.1 Å². The fourth-order valence-electron chi connectivity index (χ4n) is 3.86. The summed E-state index contributed by atoms with van der Waals surface area (Å²) in [5.41, 5.74) is 7.77. The maximum Gasteiger partial charge on any atom is 0.279 e. The highest BCUT2D eigenvalue weighted by molar-refractivity contribution is 7.92. The Kier molecular flexibility index (Phi) is 9.15. The van der Waals surface area contributed by atoms with Crippen LogP contribution in [0.5, 0.6) is 5.75 Å². The number of carbonyl (C=O) groups is 1. The Morgan fingerprint density at radius 2 is 1.46 bits per heavy atom. The summed E-state index contributed by atoms with van der Waals surface area (Å²) >= 11 is 5.23. The normalized spacial score (nSPS) is 12.1. The summed E-state index contributed by atoms with van der Waals surface area (Å²) in [5, 5.41) is 2.97. The fourth-order valence-corrected chi connectivity index (χ4v) is 4.99. The fraction of sp³-hybridized carbons (Fsp3) is 0.172. The van der Waals surface area contributed by atoms with Crippen LogP contribution in [0.4, 0.5) is 11.6 Å². The molecule has 10 nitrogen and oxygen atoms in total. The van der Waals surface area contributed by atoms with Crippen molar-refractivity contribution < 1.29 is 17.9 Å². The third-order valence-electron chi connectivity index (χ3n) is 6.27. The van der Waals surface area contributed by atoms with E-state index < -0.39 is 22.0 Å². The second kappa shape index (κ2) is 12.7. The van der Waals surface area contributed by atoms with E-state index in [4.69, 9.17) is 17.0 Å². The summed E-state index contributed by atoms with van der Waals surface area (Å²) in [4.78, 5) is 20.3. The van der Waals surface area contributed by atoms with Crippen molar-refractivity contribution >= 4 is 44.9 Å². The van der Waals surface area contributed by atoms with E-state index in [0.717, 1.165) is 5.56 Å². The first-order valence-corrected chi connectivity index (χ1v) is 14.5. The number of nitrogens with one attached hydrogen (secondary N) is 4. The van der Waals surface area contributed by atoms with E-state index >= 15 is 0 Å². The molecule has 1 atom stereocenters. The number of amides is 1. The van der Waals surface area contributed by atoms with E-state index in [1.54, 1.807) is 13.0 Å². The molecule has 0 fully saturated rings. The molecule has 0 spiro atoms. The molecular formula is C29H30N6O4S2. The zero-order valence-electron chi connectivity index (χ0n) is 22.7. The van der Waals surface area contributed by atoms with E-state index in [0.29, 0.717) is 11.4 Å². The van der Waals surface area contributed by atoms with E-state index in [-0.39, 0.29) is 21.4 Å². The average molecular weight is 591 g/mol. The molecule has 41 heavy (non-hydrogen) atoms. The number of sulfonamides is 1. The molecular weight excluding hydrogens is 560 g/mol. The van der Waals surface area contributed by atoms with Gasteiger partial charge in [0.2, 0.25) is 5.95 Å². The van der Waals surface area contributed by atoms with Crippen molar-refractivity contribution in [2.45, 2.75) is 37.2 Å². The highest BCUT2D eigenvalue weighted by atomic mass is 32.2. The largest absolute Gasteiger partial charge is 0.481 e. The Bertz CT molecular complexity index is 1580. The molecule has 1 aromatic heterocycles. The molecule has 1 amide bonds. The lowest BCUT2D eigenvalue weighted by Gasteiger charge is -2.26. The van der Waals surface area contributed by atoms with Crippen LogP contribution < -0.4 is 25.6 Å². The van der Waals surface area contributed by atoms with Gasteiger partial charge in [-0.05, 0) is 72.7 Å². The summed E-state index contributed by atoms with van der Waals surface area (Å²) in [5.74, 6) is 0.0980. The Balaban J connectivity index is 1.25. The minimum absolute atomic E-state index is 0.0188. The molecule has 4 aromatic rings. The molecule has 4 N–H and O–H groups in total. The first-order chi connectivity index (χ1) is 19.5. The lowest BCUT2D eigenvalue weighted by molar-refractivity contribution is -0.127. The van der Waals surface area contributed by atoms with Gasteiger partial charge in [-0.3, -0.25) is 15.6 Å². The number of hydrogen-bond donors (Lipinski definition) is 4. The van der Waals surface area contributed by atoms with E-state index in [9.17, 15) is 13.2 Å². The van der Waals surface area contributed by atoms with Gasteiger partial charge in [-0.15, -0.1) is 0 Å². The molecule has 1 unspecified atom stereocenters. The minimum Gasteiger partial charge on any atom is -0.481 e. The number of benzene rings is 3. The number of hydrazine groups is 1. The number of ether oxygens (including phenoxy) is 1. The maximum absolute atomic E-state index is 12.6. The topological polar surface area (TPSA) is 134 Å². The molecule has 0 saturated heterocycles. The molecule has 0 bridgehead atoms. The molecule has 3 aromatic carbocycles. The van der Waals surface area contributed by atoms with Gasteiger partial charge >= 0.3 is 0 Å². The smallest absolute Gasteiger partial charge is 0.279 e. The van der Waals surface area contributed by atoms with Crippen LogP contribution in [-0.4, -0.2) is 35.5 Å². The number of anilines is 2. The first kappa shape index (κ1) is 29.4. The highest BCUT2D eigenvalue weighted by Gasteiger charge is 2.23.